The van der Waals surface area contributed by atoms with E-state index in [1.165, 1.54) is 88.3 Å². The number of nitrogens with one attached hydrogen (secondary N) is 1. The minimum absolute atomic E-state index is 0.124. The number of nitrogens with zero attached hydrogens (tertiary/aromatic N) is 1. The van der Waals surface area contributed by atoms with E-state index in [2.05, 4.69) is 70.5 Å². The lowest BCUT2D eigenvalue weighted by molar-refractivity contribution is -0.221. The fraction of sp³-hybridized carbons (Fsp3) is 0.841. The van der Waals surface area contributed by atoms with Gasteiger partial charge in [0, 0.05) is 37.8 Å². The van der Waals surface area contributed by atoms with Gasteiger partial charge in [-0.1, -0.05) is 58.9 Å². The van der Waals surface area contributed by atoms with Crippen LogP contribution in [-0.4, -0.2) is 59.9 Å². The Morgan fingerprint density at radius 3 is 2.55 bits per heavy atom. The molecule has 0 radical (unpaired) electrons. The van der Waals surface area contributed by atoms with Crippen molar-refractivity contribution in [2.75, 3.05) is 26.2 Å². The molecule has 2 N–H and O–H groups in total. The SMILES string of the molecule is C=C(C)C1CCC2(NCCN3CC4CC3CCO4)CCC3(C)C(CCC4C5(C)CC=C(C6=CC7C(C6)C7C(=O)O)C(C)(C)C5CCC43C)C12. The number of fused-ring (bicyclic) bond motifs is 10. The average molecular weight is 671 g/mol. The minimum atomic E-state index is -0.590. The predicted octanol–water partition coefficient (Wildman–Crippen LogP) is 8.66. The minimum Gasteiger partial charge on any atom is -0.481 e. The molecule has 0 amide bonds. The van der Waals surface area contributed by atoms with E-state index < -0.39 is 5.97 Å². The summed E-state index contributed by atoms with van der Waals surface area (Å²) in [6, 6.07) is 0.738. The lowest BCUT2D eigenvalue weighted by Gasteiger charge is -2.72. The zero-order valence-corrected chi connectivity index (χ0v) is 31.7. The molecule has 2 saturated heterocycles. The number of ether oxygens (including phenoxy) is 1. The van der Waals surface area contributed by atoms with Crippen molar-refractivity contribution in [3.8, 4) is 0 Å². The summed E-state index contributed by atoms with van der Waals surface area (Å²) in [4.78, 5) is 14.4. The second-order valence-electron chi connectivity index (χ2n) is 20.5. The zero-order chi connectivity index (χ0) is 34.3. The van der Waals surface area contributed by atoms with Gasteiger partial charge in [0.2, 0.25) is 0 Å². The van der Waals surface area contributed by atoms with Crippen molar-refractivity contribution in [3.63, 3.8) is 0 Å². The third kappa shape index (κ3) is 4.55. The number of likely N-dealkylation sites (tertiary alicyclic amines) is 1. The van der Waals surface area contributed by atoms with Crippen molar-refractivity contribution in [1.82, 2.24) is 10.2 Å². The maximum Gasteiger partial charge on any atom is 0.307 e. The number of carboxylic acid groups (broad SMARTS) is 1. The highest BCUT2D eigenvalue weighted by Crippen LogP contribution is 2.77. The molecule has 7 fully saturated rings. The number of aliphatic carboxylic acids is 1. The van der Waals surface area contributed by atoms with Gasteiger partial charge in [0.05, 0.1) is 12.0 Å². The second kappa shape index (κ2) is 11.0. The molecule has 2 aliphatic heterocycles. The number of carbonyl (C=O) groups is 1. The van der Waals surface area contributed by atoms with Crippen LogP contribution in [0, 0.1) is 69.0 Å². The maximum absolute atomic E-state index is 11.7. The van der Waals surface area contributed by atoms with Crippen molar-refractivity contribution in [3.05, 3.63) is 35.5 Å². The monoisotopic (exact) mass is 671 g/mol. The molecule has 0 aromatic heterocycles. The first-order valence-electron chi connectivity index (χ1n) is 20.6. The zero-order valence-electron chi connectivity index (χ0n) is 31.7. The van der Waals surface area contributed by atoms with E-state index in [1.54, 1.807) is 5.57 Å². The van der Waals surface area contributed by atoms with E-state index in [4.69, 9.17) is 4.74 Å². The molecule has 49 heavy (non-hydrogen) atoms. The van der Waals surface area contributed by atoms with E-state index in [0.717, 1.165) is 44.0 Å². The van der Waals surface area contributed by atoms with Gasteiger partial charge in [-0.15, -0.1) is 0 Å². The molecule has 14 atom stereocenters. The van der Waals surface area contributed by atoms with E-state index in [9.17, 15) is 9.90 Å². The summed E-state index contributed by atoms with van der Waals surface area (Å²) in [6.45, 7) is 24.7. The molecule has 5 heteroatoms. The normalized spacial score (nSPS) is 52.2. The Bertz CT molecular complexity index is 1480. The first-order valence-corrected chi connectivity index (χ1v) is 20.6. The lowest BCUT2D eigenvalue weighted by atomic mass is 9.33. The smallest absolute Gasteiger partial charge is 0.307 e. The van der Waals surface area contributed by atoms with Crippen LogP contribution in [0.15, 0.2) is 35.5 Å². The molecule has 2 bridgehead atoms. The summed E-state index contributed by atoms with van der Waals surface area (Å²) < 4.78 is 6.03. The van der Waals surface area contributed by atoms with Crippen LogP contribution in [-0.2, 0) is 9.53 Å². The van der Waals surface area contributed by atoms with Gasteiger partial charge < -0.3 is 15.2 Å². The van der Waals surface area contributed by atoms with Crippen LogP contribution < -0.4 is 5.32 Å². The Balaban J connectivity index is 0.971. The van der Waals surface area contributed by atoms with E-state index in [-0.39, 0.29) is 22.8 Å². The first-order chi connectivity index (χ1) is 23.2. The van der Waals surface area contributed by atoms with E-state index in [1.807, 2.05) is 0 Å². The summed E-state index contributed by atoms with van der Waals surface area (Å²) in [7, 11) is 0. The Hall–Kier alpha value is -1.43. The Kier molecular flexibility index (Phi) is 7.53. The topological polar surface area (TPSA) is 61.8 Å². The average Bonchev–Trinajstić information content (AvgIpc) is 3.28. The molecule has 14 unspecified atom stereocenters. The van der Waals surface area contributed by atoms with Crippen LogP contribution in [0.4, 0.5) is 0 Å². The highest BCUT2D eigenvalue weighted by Gasteiger charge is 2.70. The van der Waals surface area contributed by atoms with Crippen molar-refractivity contribution in [2.45, 2.75) is 136 Å². The fourth-order valence-corrected chi connectivity index (χ4v) is 16.0. The Labute approximate surface area is 297 Å². The van der Waals surface area contributed by atoms with Crippen molar-refractivity contribution >= 4 is 5.97 Å². The van der Waals surface area contributed by atoms with Crippen LogP contribution in [0.5, 0.6) is 0 Å². The number of hydrogen-bond donors (Lipinski definition) is 2. The third-order valence-corrected chi connectivity index (χ3v) is 18.5. The predicted molar refractivity (Wildman–Crippen MR) is 196 cm³/mol. The number of rotatable bonds is 7. The van der Waals surface area contributed by atoms with Crippen LogP contribution >= 0.6 is 0 Å². The van der Waals surface area contributed by atoms with Gasteiger partial charge in [-0.05, 0) is 158 Å². The van der Waals surface area contributed by atoms with Crippen LogP contribution in [0.2, 0.25) is 0 Å². The number of carboxylic acids is 1. The number of allylic oxidation sites excluding steroid dienone is 5. The number of hydrogen-bond acceptors (Lipinski definition) is 4. The van der Waals surface area contributed by atoms with Crippen molar-refractivity contribution < 1.29 is 14.6 Å². The quantitative estimate of drug-likeness (QED) is 0.266. The molecule has 2 heterocycles. The standard InChI is InChI=1S/C44H66N2O3/c1-26(2)30-10-16-44(45-19-20-46-25-29-24-28(46)13-21-49-29)18-17-42(6)34(38(30)44)8-9-36-41(5)14-11-33(27-22-31-32(23-27)37(31)39(47)48)40(3,4)35(41)12-15-43(36,42)7/h11,22,28-32,34-38,45H,1,8-10,12-21,23-25H2,2-7H3,(H,47,48). The molecule has 9 aliphatic rings. The third-order valence-electron chi connectivity index (χ3n) is 18.5. The molecule has 7 aliphatic carbocycles. The molecule has 270 valence electrons. The van der Waals surface area contributed by atoms with Crippen molar-refractivity contribution in [1.29, 1.82) is 0 Å². The first kappa shape index (κ1) is 33.4. The largest absolute Gasteiger partial charge is 0.481 e. The Morgan fingerprint density at radius 2 is 1.84 bits per heavy atom. The second-order valence-corrected chi connectivity index (χ2v) is 20.5. The van der Waals surface area contributed by atoms with Gasteiger partial charge in [-0.25, -0.2) is 0 Å². The summed E-state index contributed by atoms with van der Waals surface area (Å²) in [5.41, 5.74) is 5.93. The van der Waals surface area contributed by atoms with Gasteiger partial charge in [-0.2, -0.15) is 0 Å². The molecule has 5 nitrogen and oxygen atoms in total. The summed E-state index contributed by atoms with van der Waals surface area (Å²) in [6.07, 6.45) is 20.9. The van der Waals surface area contributed by atoms with Crippen LogP contribution in [0.3, 0.4) is 0 Å². The van der Waals surface area contributed by atoms with Gasteiger partial charge in [0.1, 0.15) is 0 Å². The molecular formula is C44H66N2O3. The molecule has 9 rings (SSSR count). The van der Waals surface area contributed by atoms with Gasteiger partial charge in [-0.3, -0.25) is 9.69 Å². The summed E-state index contributed by atoms with van der Waals surface area (Å²) in [5, 5.41) is 14.0. The van der Waals surface area contributed by atoms with Gasteiger partial charge >= 0.3 is 5.97 Å². The van der Waals surface area contributed by atoms with Gasteiger partial charge in [0.25, 0.3) is 0 Å². The lowest BCUT2D eigenvalue weighted by Crippen LogP contribution is -2.68. The van der Waals surface area contributed by atoms with Gasteiger partial charge in [0.15, 0.2) is 0 Å². The van der Waals surface area contributed by atoms with E-state index >= 15 is 0 Å². The highest BCUT2D eigenvalue weighted by molar-refractivity contribution is 5.76. The molecular weight excluding hydrogens is 604 g/mol. The maximum atomic E-state index is 11.7. The summed E-state index contributed by atoms with van der Waals surface area (Å²) >= 11 is 0. The molecule has 5 saturated carbocycles. The summed E-state index contributed by atoms with van der Waals surface area (Å²) in [5.74, 6) is 3.47. The molecule has 0 aromatic carbocycles. The highest BCUT2D eigenvalue weighted by atomic mass is 16.5. The Morgan fingerprint density at radius 1 is 1.02 bits per heavy atom. The van der Waals surface area contributed by atoms with Crippen molar-refractivity contribution in [2.24, 2.45) is 69.0 Å². The van der Waals surface area contributed by atoms with Crippen LogP contribution in [0.1, 0.15) is 119 Å². The van der Waals surface area contributed by atoms with Crippen LogP contribution in [0.25, 0.3) is 0 Å². The van der Waals surface area contributed by atoms with E-state index in [0.29, 0.717) is 46.0 Å². The molecule has 0 spiro atoms. The fourth-order valence-electron chi connectivity index (χ4n) is 16.0. The molecule has 0 aromatic rings.